The van der Waals surface area contributed by atoms with Gasteiger partial charge in [-0.05, 0) is 12.1 Å². The maximum Gasteiger partial charge on any atom is 0.168 e. The van der Waals surface area contributed by atoms with Gasteiger partial charge in [0, 0.05) is 26.0 Å². The van der Waals surface area contributed by atoms with E-state index in [1.165, 1.54) is 0 Å². The third kappa shape index (κ3) is 1.77. The molecule has 11 heavy (non-hydrogen) atoms. The molecule has 1 aromatic heterocycles. The summed E-state index contributed by atoms with van der Waals surface area (Å²) >= 11 is 0. The van der Waals surface area contributed by atoms with Crippen molar-refractivity contribution in [2.45, 2.75) is 0 Å². The molecule has 0 aromatic carbocycles. The van der Waals surface area contributed by atoms with Crippen LogP contribution >= 0.6 is 0 Å². The topological polar surface area (TPSA) is 33.2 Å². The number of carbonyl (C=O) groups excluding carboxylic acids is 1. The van der Waals surface area contributed by atoms with Crippen LogP contribution in [-0.2, 0) is 0 Å². The van der Waals surface area contributed by atoms with E-state index >= 15 is 0 Å². The van der Waals surface area contributed by atoms with E-state index in [4.69, 9.17) is 0 Å². The number of hydrogen-bond donors (Lipinski definition) is 0. The molecule has 3 nitrogen and oxygen atoms in total. The molecular weight excluding hydrogens is 140 g/mol. The summed E-state index contributed by atoms with van der Waals surface area (Å²) in [7, 11) is 3.84. The molecule has 0 radical (unpaired) electrons. The van der Waals surface area contributed by atoms with Crippen molar-refractivity contribution in [3.8, 4) is 0 Å². The van der Waals surface area contributed by atoms with Crippen LogP contribution in [0.4, 0.5) is 5.69 Å². The summed E-state index contributed by atoms with van der Waals surface area (Å²) in [5.41, 5.74) is 1.46. The fourth-order valence-electron chi connectivity index (χ4n) is 0.779. The second-order valence-electron chi connectivity index (χ2n) is 2.45. The molecule has 0 saturated carbocycles. The Kier molecular flexibility index (Phi) is 2.21. The molecule has 1 rings (SSSR count). The number of hydrogen-bond acceptors (Lipinski definition) is 3. The van der Waals surface area contributed by atoms with Crippen LogP contribution in [0.5, 0.6) is 0 Å². The Morgan fingerprint density at radius 3 is 2.82 bits per heavy atom. The van der Waals surface area contributed by atoms with Crippen molar-refractivity contribution in [2.75, 3.05) is 19.0 Å². The molecule has 0 atom stereocenters. The number of pyridine rings is 1. The van der Waals surface area contributed by atoms with Gasteiger partial charge in [0.15, 0.2) is 6.29 Å². The number of aromatic nitrogens is 1. The van der Waals surface area contributed by atoms with Gasteiger partial charge >= 0.3 is 0 Å². The highest BCUT2D eigenvalue weighted by Gasteiger charge is 1.95. The molecule has 3 heteroatoms. The molecule has 0 saturated heterocycles. The van der Waals surface area contributed by atoms with Crippen LogP contribution < -0.4 is 4.90 Å². The van der Waals surface area contributed by atoms with Gasteiger partial charge in [-0.2, -0.15) is 0 Å². The van der Waals surface area contributed by atoms with Gasteiger partial charge in [-0.25, -0.2) is 0 Å². The second kappa shape index (κ2) is 3.14. The van der Waals surface area contributed by atoms with Gasteiger partial charge in [-0.3, -0.25) is 9.78 Å². The SMILES string of the molecule is CN(C)c1ccnc(C=O)c1. The third-order valence-corrected chi connectivity index (χ3v) is 1.40. The van der Waals surface area contributed by atoms with Crippen molar-refractivity contribution in [3.05, 3.63) is 24.0 Å². The molecule has 1 aromatic rings. The number of rotatable bonds is 2. The minimum absolute atomic E-state index is 0.469. The lowest BCUT2D eigenvalue weighted by atomic mass is 10.3. The zero-order valence-corrected chi connectivity index (χ0v) is 6.61. The average Bonchev–Trinajstić information content (AvgIpc) is 2.05. The monoisotopic (exact) mass is 150 g/mol. The van der Waals surface area contributed by atoms with Gasteiger partial charge in [-0.15, -0.1) is 0 Å². The zero-order chi connectivity index (χ0) is 8.27. The molecule has 0 aliphatic heterocycles. The van der Waals surface area contributed by atoms with Crippen molar-refractivity contribution in [1.29, 1.82) is 0 Å². The molecule has 0 amide bonds. The first-order valence-electron chi connectivity index (χ1n) is 3.32. The van der Waals surface area contributed by atoms with E-state index in [0.717, 1.165) is 12.0 Å². The van der Waals surface area contributed by atoms with E-state index < -0.39 is 0 Å². The largest absolute Gasteiger partial charge is 0.378 e. The predicted molar refractivity (Wildman–Crippen MR) is 44.0 cm³/mol. The molecule has 0 aliphatic rings. The quantitative estimate of drug-likeness (QED) is 0.589. The Bertz CT molecular complexity index is 258. The van der Waals surface area contributed by atoms with E-state index in [0.29, 0.717) is 5.69 Å². The number of carbonyl (C=O) groups is 1. The van der Waals surface area contributed by atoms with Gasteiger partial charge in [0.25, 0.3) is 0 Å². The predicted octanol–water partition coefficient (Wildman–Crippen LogP) is 0.960. The lowest BCUT2D eigenvalue weighted by molar-refractivity contribution is 0.111. The Morgan fingerprint density at radius 1 is 1.55 bits per heavy atom. The number of nitrogens with zero attached hydrogens (tertiary/aromatic N) is 2. The molecule has 1 heterocycles. The maximum absolute atomic E-state index is 10.3. The molecule has 0 aliphatic carbocycles. The van der Waals surface area contributed by atoms with Crippen molar-refractivity contribution in [1.82, 2.24) is 4.98 Å². The molecule has 0 fully saturated rings. The van der Waals surface area contributed by atoms with Gasteiger partial charge in [0.05, 0.1) is 0 Å². The first-order chi connectivity index (χ1) is 5.24. The fourth-order valence-corrected chi connectivity index (χ4v) is 0.779. The van der Waals surface area contributed by atoms with E-state index in [2.05, 4.69) is 4.98 Å². The Morgan fingerprint density at radius 2 is 2.27 bits per heavy atom. The van der Waals surface area contributed by atoms with Crippen LogP contribution in [0.2, 0.25) is 0 Å². The summed E-state index contributed by atoms with van der Waals surface area (Å²) in [5.74, 6) is 0. The zero-order valence-electron chi connectivity index (χ0n) is 6.61. The smallest absolute Gasteiger partial charge is 0.168 e. The summed E-state index contributed by atoms with van der Waals surface area (Å²) < 4.78 is 0. The second-order valence-corrected chi connectivity index (χ2v) is 2.45. The standard InChI is InChI=1S/C8H10N2O/c1-10(2)8-3-4-9-7(5-8)6-11/h3-6H,1-2H3. The number of aldehydes is 1. The highest BCUT2D eigenvalue weighted by atomic mass is 16.1. The van der Waals surface area contributed by atoms with Crippen LogP contribution in [0.1, 0.15) is 10.5 Å². The van der Waals surface area contributed by atoms with Crippen LogP contribution in [0.15, 0.2) is 18.3 Å². The summed E-state index contributed by atoms with van der Waals surface area (Å²) in [6.45, 7) is 0. The van der Waals surface area contributed by atoms with E-state index in [1.807, 2.05) is 25.1 Å². The van der Waals surface area contributed by atoms with Gasteiger partial charge in [0.1, 0.15) is 5.69 Å². The van der Waals surface area contributed by atoms with Gasteiger partial charge in [-0.1, -0.05) is 0 Å². The summed E-state index contributed by atoms with van der Waals surface area (Å²) in [6, 6.07) is 3.60. The lowest BCUT2D eigenvalue weighted by Gasteiger charge is -2.11. The maximum atomic E-state index is 10.3. The summed E-state index contributed by atoms with van der Waals surface area (Å²) in [4.78, 5) is 16.1. The Labute approximate surface area is 65.7 Å². The van der Waals surface area contributed by atoms with E-state index in [1.54, 1.807) is 12.3 Å². The van der Waals surface area contributed by atoms with E-state index in [9.17, 15) is 4.79 Å². The third-order valence-electron chi connectivity index (χ3n) is 1.40. The minimum atomic E-state index is 0.469. The Balaban J connectivity index is 3.00. The summed E-state index contributed by atoms with van der Waals surface area (Å²) in [5, 5.41) is 0. The molecule has 0 unspecified atom stereocenters. The van der Waals surface area contributed by atoms with Crippen molar-refractivity contribution in [3.63, 3.8) is 0 Å². The molecule has 58 valence electrons. The molecule has 0 bridgehead atoms. The first-order valence-corrected chi connectivity index (χ1v) is 3.32. The van der Waals surface area contributed by atoms with Gasteiger partial charge < -0.3 is 4.90 Å². The molecule has 0 N–H and O–H groups in total. The van der Waals surface area contributed by atoms with Crippen LogP contribution in [0, 0.1) is 0 Å². The summed E-state index contributed by atoms with van der Waals surface area (Å²) in [6.07, 6.45) is 2.37. The van der Waals surface area contributed by atoms with Gasteiger partial charge in [0.2, 0.25) is 0 Å². The van der Waals surface area contributed by atoms with Crippen molar-refractivity contribution >= 4 is 12.0 Å². The highest BCUT2D eigenvalue weighted by Crippen LogP contribution is 2.09. The highest BCUT2D eigenvalue weighted by molar-refractivity contribution is 5.73. The minimum Gasteiger partial charge on any atom is -0.378 e. The number of anilines is 1. The van der Waals surface area contributed by atoms with Crippen LogP contribution in [0.3, 0.4) is 0 Å². The van der Waals surface area contributed by atoms with Crippen molar-refractivity contribution in [2.24, 2.45) is 0 Å². The molecular formula is C8H10N2O. The van der Waals surface area contributed by atoms with E-state index in [-0.39, 0.29) is 0 Å². The van der Waals surface area contributed by atoms with Crippen LogP contribution in [0.25, 0.3) is 0 Å². The lowest BCUT2D eigenvalue weighted by Crippen LogP contribution is -2.08. The first kappa shape index (κ1) is 7.72. The normalized spacial score (nSPS) is 9.27. The molecule has 0 spiro atoms. The van der Waals surface area contributed by atoms with Crippen LogP contribution in [-0.4, -0.2) is 25.4 Å². The average molecular weight is 150 g/mol. The fraction of sp³-hybridized carbons (Fsp3) is 0.250. The Hall–Kier alpha value is -1.38. The van der Waals surface area contributed by atoms with Crippen molar-refractivity contribution < 1.29 is 4.79 Å².